The van der Waals surface area contributed by atoms with Crippen LogP contribution in [0.1, 0.15) is 183 Å². The number of anilines is 12. The molecule has 8 heteroatoms. The number of benzene rings is 10. The van der Waals surface area contributed by atoms with Crippen LogP contribution in [-0.2, 0) is 32.5 Å². The Bertz CT molecular complexity index is 5530. The van der Waals surface area contributed by atoms with E-state index in [9.17, 15) is 2.74 Å². The zero-order chi connectivity index (χ0) is 78.6. The predicted molar refractivity (Wildman–Crippen MR) is 434 cm³/mol. The Kier molecular flexibility index (Phi) is 14.5. The molecule has 0 amide bonds. The largest absolute Gasteiger partial charge is 0.311 e. The van der Waals surface area contributed by atoms with Crippen LogP contribution in [0.5, 0.6) is 0 Å². The first-order chi connectivity index (χ1) is 50.3. The molecular formula is C90H96BClN4S2. The van der Waals surface area contributed by atoms with E-state index in [2.05, 4.69) is 268 Å². The molecular weight excluding hydrogens is 1250 g/mol. The lowest BCUT2D eigenvalue weighted by atomic mass is 9.36. The molecule has 10 aromatic carbocycles. The van der Waals surface area contributed by atoms with Crippen molar-refractivity contribution in [1.82, 2.24) is 0 Å². The molecule has 0 spiro atoms. The summed E-state index contributed by atoms with van der Waals surface area (Å²) in [4.78, 5) is 8.28. The second kappa shape index (κ2) is 25.1. The van der Waals surface area contributed by atoms with Crippen molar-refractivity contribution in [2.45, 2.75) is 171 Å². The third kappa shape index (κ3) is 12.9. The van der Waals surface area contributed by atoms with Gasteiger partial charge in [0.15, 0.2) is 0 Å². The molecule has 0 saturated carbocycles. The molecule has 4 heterocycles. The van der Waals surface area contributed by atoms with Crippen LogP contribution >= 0.6 is 34.3 Å². The van der Waals surface area contributed by atoms with Crippen molar-refractivity contribution in [3.63, 3.8) is 0 Å². The molecule has 0 unspecified atom stereocenters. The summed E-state index contributed by atoms with van der Waals surface area (Å²) in [5.41, 5.74) is 19.7. The summed E-state index contributed by atoms with van der Waals surface area (Å²) < 4.78 is 91.5. The number of fused-ring (bicyclic) bond motifs is 7. The lowest BCUT2D eigenvalue weighted by Gasteiger charge is -2.44. The van der Waals surface area contributed by atoms with Crippen molar-refractivity contribution >= 4 is 145 Å². The SMILES string of the molecule is [2H]c1c([2H])c([2H])c(N(c2ccc(C(C)(C)C)cc2)c2cc(C)cc(N(c3ccc(C(C)(C)C)cc3)c3csc4ccc(C(C)(C)C)cc34)c2Cl)c([2H])c1[2H].[2H]c1c([2H])c([2H])c(N2c3ccc(C(C)(C)C)cc3B3c4sc5ccc(C(C)(C)C)cc5c4N(c4ccc(C(C)(C)C)cc4)c4cc(C)cc2c43)c([2H])c1[2H]. The Balaban J connectivity index is 0.000000190. The van der Waals surface area contributed by atoms with Crippen LogP contribution in [0, 0.1) is 13.8 Å². The molecule has 0 fully saturated rings. The molecule has 498 valence electrons. The molecule has 12 aromatic rings. The second-order valence-electron chi connectivity index (χ2n) is 32.8. The van der Waals surface area contributed by atoms with Crippen LogP contribution in [-0.4, -0.2) is 6.71 Å². The summed E-state index contributed by atoms with van der Waals surface area (Å²) in [6.45, 7) is 43.8. The number of halogens is 1. The Hall–Kier alpha value is -8.33. The molecule has 2 aliphatic heterocycles. The predicted octanol–water partition coefficient (Wildman–Crippen LogP) is 25.9. The molecule has 98 heavy (non-hydrogen) atoms. The van der Waals surface area contributed by atoms with Gasteiger partial charge in [-0.1, -0.05) is 233 Å². The first-order valence-electron chi connectivity index (χ1n) is 39.1. The van der Waals surface area contributed by atoms with Crippen LogP contribution in [0.4, 0.5) is 68.2 Å². The van der Waals surface area contributed by atoms with E-state index in [4.69, 9.17) is 22.6 Å². The summed E-state index contributed by atoms with van der Waals surface area (Å²) >= 11 is 11.2. The maximum absolute atomic E-state index is 9.20. The fourth-order valence-corrected chi connectivity index (χ4v) is 16.1. The normalized spacial score (nSPS) is 14.7. The number of hydrogen-bond acceptors (Lipinski definition) is 6. The Morgan fingerprint density at radius 1 is 0.388 bits per heavy atom. The van der Waals surface area contributed by atoms with Gasteiger partial charge in [-0.25, -0.2) is 0 Å². The van der Waals surface area contributed by atoms with Gasteiger partial charge in [-0.05, 0) is 217 Å². The molecule has 0 N–H and O–H groups in total. The van der Waals surface area contributed by atoms with E-state index in [1.54, 1.807) is 16.2 Å². The Morgan fingerprint density at radius 3 is 1.35 bits per heavy atom. The minimum Gasteiger partial charge on any atom is -0.311 e. The van der Waals surface area contributed by atoms with E-state index >= 15 is 0 Å². The fourth-order valence-electron chi connectivity index (χ4n) is 13.6. The van der Waals surface area contributed by atoms with Crippen molar-refractivity contribution in [2.24, 2.45) is 0 Å². The topological polar surface area (TPSA) is 13.0 Å². The summed E-state index contributed by atoms with van der Waals surface area (Å²) in [5.74, 6) is 0. The molecule has 0 aliphatic carbocycles. The molecule has 0 saturated heterocycles. The number of rotatable bonds is 8. The highest BCUT2D eigenvalue weighted by Gasteiger charge is 2.46. The van der Waals surface area contributed by atoms with E-state index in [1.165, 1.54) is 48.4 Å². The van der Waals surface area contributed by atoms with Crippen molar-refractivity contribution in [3.05, 3.63) is 267 Å². The highest BCUT2D eigenvalue weighted by atomic mass is 35.5. The third-order valence-electron chi connectivity index (χ3n) is 19.3. The van der Waals surface area contributed by atoms with Crippen molar-refractivity contribution in [1.29, 1.82) is 0 Å². The average molecular weight is 1350 g/mol. The molecule has 2 aliphatic rings. The first kappa shape index (κ1) is 56.5. The second-order valence-corrected chi connectivity index (χ2v) is 35.2. The Morgan fingerprint density at radius 2 is 0.816 bits per heavy atom. The maximum atomic E-state index is 9.20. The lowest BCUT2D eigenvalue weighted by molar-refractivity contribution is 0.590. The standard InChI is InChI=1S/C45H47BN2S.C45H49ClN2S/c1-28-24-37-40-38(25-28)48(33-20-16-29(17-21-33)43(2,3)4)41-34-26-30(44(5,6)7)19-23-39(34)49-42(41)46(40)35-27-31(45(8,9)10)18-22-36(35)47(37)32-14-12-11-13-15-32;1-30-26-38(47(34-14-12-11-13-15-34)35-21-16-31(17-22-35)43(2,3)4)42(46)39(27-30)48(36-23-18-32(19-24-36)44(5,6)7)40-29-49-41-25-20-33(28-37(40)41)45(8,9)10/h11-27H,1-10H3;11-29H,1-10H3/i2*11D,12D,13D,14D,15D. The zero-order valence-corrected chi connectivity index (χ0v) is 63.0. The quantitative estimate of drug-likeness (QED) is 0.141. The van der Waals surface area contributed by atoms with Crippen LogP contribution in [0.2, 0.25) is 5.02 Å². The van der Waals surface area contributed by atoms with Crippen LogP contribution < -0.4 is 35.3 Å². The first-order valence-corrected chi connectivity index (χ1v) is 36.2. The molecule has 14 rings (SSSR count). The molecule has 0 bridgehead atoms. The maximum Gasteiger partial charge on any atom is 0.264 e. The Labute approximate surface area is 612 Å². The molecule has 0 atom stereocenters. The van der Waals surface area contributed by atoms with Gasteiger partial charge in [0.25, 0.3) is 6.71 Å². The monoisotopic (exact) mass is 1350 g/mol. The minimum atomic E-state index is -0.448. The number of hydrogen-bond donors (Lipinski definition) is 0. The summed E-state index contributed by atoms with van der Waals surface area (Å²) in [6.07, 6.45) is 0. The van der Waals surface area contributed by atoms with Crippen molar-refractivity contribution in [2.75, 3.05) is 19.6 Å². The summed E-state index contributed by atoms with van der Waals surface area (Å²) in [7, 11) is 0. The summed E-state index contributed by atoms with van der Waals surface area (Å²) in [6, 6.07) is 50.6. The lowest BCUT2D eigenvalue weighted by Crippen LogP contribution is -2.60. The molecule has 2 aromatic heterocycles. The van der Waals surface area contributed by atoms with E-state index in [0.717, 1.165) is 71.8 Å². The van der Waals surface area contributed by atoms with E-state index in [-0.39, 0.29) is 86.8 Å². The highest BCUT2D eigenvalue weighted by Crippen LogP contribution is 2.53. The van der Waals surface area contributed by atoms with Gasteiger partial charge in [0.05, 0.1) is 41.5 Å². The van der Waals surface area contributed by atoms with Crippen LogP contribution in [0.25, 0.3) is 20.2 Å². The van der Waals surface area contributed by atoms with E-state index in [0.29, 0.717) is 22.1 Å². The van der Waals surface area contributed by atoms with Gasteiger partial charge in [0, 0.05) is 75.8 Å². The van der Waals surface area contributed by atoms with Gasteiger partial charge in [0.2, 0.25) is 0 Å². The van der Waals surface area contributed by atoms with Crippen LogP contribution in [0.3, 0.4) is 0 Å². The van der Waals surface area contributed by atoms with Crippen LogP contribution in [0.15, 0.2) is 217 Å². The van der Waals surface area contributed by atoms with E-state index in [1.807, 2.05) is 53.5 Å². The smallest absolute Gasteiger partial charge is 0.264 e. The molecule has 4 nitrogen and oxygen atoms in total. The number of thiophene rings is 2. The molecule has 0 radical (unpaired) electrons. The fraction of sp³-hybridized carbons (Fsp3) is 0.289. The number of para-hydroxylation sites is 2. The van der Waals surface area contributed by atoms with Crippen molar-refractivity contribution in [3.8, 4) is 0 Å². The van der Waals surface area contributed by atoms with Gasteiger partial charge in [0.1, 0.15) is 0 Å². The minimum absolute atomic E-state index is 0.00518. The number of aryl methyl sites for hydroxylation is 2. The highest BCUT2D eigenvalue weighted by molar-refractivity contribution is 7.33. The van der Waals surface area contributed by atoms with Gasteiger partial charge in [-0.15, -0.1) is 22.7 Å². The average Bonchev–Trinajstić information content (AvgIpc) is 1.25. The summed E-state index contributed by atoms with van der Waals surface area (Å²) in [5, 5.41) is 4.87. The third-order valence-corrected chi connectivity index (χ3v) is 21.8. The van der Waals surface area contributed by atoms with Gasteiger partial charge < -0.3 is 19.6 Å². The number of nitrogens with zero attached hydrogens (tertiary/aromatic N) is 4. The van der Waals surface area contributed by atoms with Gasteiger partial charge in [-0.3, -0.25) is 0 Å². The van der Waals surface area contributed by atoms with Gasteiger partial charge in [-0.2, -0.15) is 0 Å². The van der Waals surface area contributed by atoms with Crippen molar-refractivity contribution < 1.29 is 13.7 Å². The van der Waals surface area contributed by atoms with E-state index < -0.39 is 24.2 Å². The zero-order valence-electron chi connectivity index (χ0n) is 70.6. The van der Waals surface area contributed by atoms with Gasteiger partial charge >= 0.3 is 0 Å².